The molecule has 0 bridgehead atoms. The van der Waals surface area contributed by atoms with Gasteiger partial charge in [-0.25, -0.2) is 9.97 Å². The molecule has 1 aromatic rings. The molecule has 0 amide bonds. The Kier molecular flexibility index (Phi) is 5.28. The second-order valence-corrected chi connectivity index (χ2v) is 5.86. The van der Waals surface area contributed by atoms with E-state index < -0.39 is 5.97 Å². The number of nitrogens with zero attached hydrogens (tertiary/aromatic N) is 2. The van der Waals surface area contributed by atoms with Gasteiger partial charge in [-0.15, -0.1) is 0 Å². The van der Waals surface area contributed by atoms with Gasteiger partial charge in [0.05, 0.1) is 6.42 Å². The molecular formula is C16H24N2O3. The quantitative estimate of drug-likeness (QED) is 0.903. The van der Waals surface area contributed by atoms with Gasteiger partial charge in [0.1, 0.15) is 6.10 Å². The van der Waals surface area contributed by atoms with Gasteiger partial charge in [-0.1, -0.05) is 19.3 Å². The highest BCUT2D eigenvalue weighted by atomic mass is 16.5. The Morgan fingerprint density at radius 2 is 1.81 bits per heavy atom. The lowest BCUT2D eigenvalue weighted by atomic mass is 9.84. The standard InChI is InChI=1S/C16H24N2O3/c1-10-13(9-14(19)20)11(2)18-16(17-10)15(21-3)12-7-5-4-6-8-12/h12,15H,4-9H2,1-3H3,(H,19,20). The van der Waals surface area contributed by atoms with E-state index in [1.54, 1.807) is 7.11 Å². The fraction of sp³-hybridized carbons (Fsp3) is 0.688. The first kappa shape index (κ1) is 15.9. The van der Waals surface area contributed by atoms with Crippen LogP contribution in [0.4, 0.5) is 0 Å². The van der Waals surface area contributed by atoms with Crippen LogP contribution in [0.25, 0.3) is 0 Å². The zero-order chi connectivity index (χ0) is 15.4. The Balaban J connectivity index is 2.27. The molecule has 1 aliphatic rings. The Morgan fingerprint density at radius 3 is 2.29 bits per heavy atom. The highest BCUT2D eigenvalue weighted by Gasteiger charge is 2.28. The molecule has 1 atom stereocenters. The molecule has 1 aromatic heterocycles. The van der Waals surface area contributed by atoms with E-state index in [9.17, 15) is 4.79 Å². The molecule has 0 saturated heterocycles. The molecule has 0 aromatic carbocycles. The van der Waals surface area contributed by atoms with Gasteiger partial charge in [0.25, 0.3) is 0 Å². The summed E-state index contributed by atoms with van der Waals surface area (Å²) < 4.78 is 5.67. The van der Waals surface area contributed by atoms with Crippen molar-refractivity contribution in [1.29, 1.82) is 0 Å². The molecule has 1 unspecified atom stereocenters. The van der Waals surface area contributed by atoms with Crippen LogP contribution in [-0.4, -0.2) is 28.2 Å². The van der Waals surface area contributed by atoms with E-state index in [0.29, 0.717) is 17.3 Å². The first-order valence-corrected chi connectivity index (χ1v) is 7.61. The summed E-state index contributed by atoms with van der Waals surface area (Å²) in [6.45, 7) is 3.70. The van der Waals surface area contributed by atoms with Crippen LogP contribution in [0.3, 0.4) is 0 Å². The number of aromatic nitrogens is 2. The van der Waals surface area contributed by atoms with Crippen LogP contribution in [0.15, 0.2) is 0 Å². The number of ether oxygens (including phenoxy) is 1. The lowest BCUT2D eigenvalue weighted by Gasteiger charge is -2.28. The van der Waals surface area contributed by atoms with Crippen molar-refractivity contribution in [3.8, 4) is 0 Å². The molecule has 2 rings (SSSR count). The van der Waals surface area contributed by atoms with Crippen LogP contribution in [0.1, 0.15) is 61.0 Å². The van der Waals surface area contributed by atoms with Crippen molar-refractivity contribution in [2.24, 2.45) is 5.92 Å². The van der Waals surface area contributed by atoms with Crippen LogP contribution in [0.2, 0.25) is 0 Å². The molecule has 1 aliphatic carbocycles. The van der Waals surface area contributed by atoms with Crippen molar-refractivity contribution < 1.29 is 14.6 Å². The Bertz CT molecular complexity index is 487. The lowest BCUT2D eigenvalue weighted by molar-refractivity contribution is -0.136. The van der Waals surface area contributed by atoms with Crippen LogP contribution in [0.5, 0.6) is 0 Å². The Morgan fingerprint density at radius 1 is 1.24 bits per heavy atom. The highest BCUT2D eigenvalue weighted by molar-refractivity contribution is 5.70. The third-order valence-corrected chi connectivity index (χ3v) is 4.35. The number of hydrogen-bond donors (Lipinski definition) is 1. The summed E-state index contributed by atoms with van der Waals surface area (Å²) >= 11 is 0. The maximum atomic E-state index is 10.9. The van der Waals surface area contributed by atoms with E-state index in [4.69, 9.17) is 9.84 Å². The Labute approximate surface area is 125 Å². The number of hydrogen-bond acceptors (Lipinski definition) is 4. The van der Waals surface area contributed by atoms with Gasteiger partial charge in [0.15, 0.2) is 5.82 Å². The number of carboxylic acid groups (broad SMARTS) is 1. The molecule has 1 saturated carbocycles. The number of carbonyl (C=O) groups is 1. The summed E-state index contributed by atoms with van der Waals surface area (Å²) in [6, 6.07) is 0. The first-order chi connectivity index (χ1) is 10.0. The number of carboxylic acids is 1. The molecular weight excluding hydrogens is 268 g/mol. The number of rotatable bonds is 5. The third-order valence-electron chi connectivity index (χ3n) is 4.35. The minimum absolute atomic E-state index is 0.0287. The maximum absolute atomic E-state index is 10.9. The topological polar surface area (TPSA) is 72.3 Å². The van der Waals surface area contributed by atoms with Gasteiger partial charge in [-0.3, -0.25) is 4.79 Å². The van der Waals surface area contributed by atoms with E-state index >= 15 is 0 Å². The molecule has 21 heavy (non-hydrogen) atoms. The third kappa shape index (κ3) is 3.79. The second kappa shape index (κ2) is 6.98. The minimum atomic E-state index is -0.854. The monoisotopic (exact) mass is 292 g/mol. The number of aryl methyl sites for hydroxylation is 2. The van der Waals surface area contributed by atoms with E-state index in [1.807, 2.05) is 13.8 Å². The van der Waals surface area contributed by atoms with Crippen molar-refractivity contribution in [3.05, 3.63) is 22.8 Å². The molecule has 116 valence electrons. The molecule has 1 N–H and O–H groups in total. The maximum Gasteiger partial charge on any atom is 0.307 e. The molecule has 0 aliphatic heterocycles. The highest BCUT2D eigenvalue weighted by Crippen LogP contribution is 2.35. The summed E-state index contributed by atoms with van der Waals surface area (Å²) in [5.41, 5.74) is 2.21. The molecule has 1 fully saturated rings. The minimum Gasteiger partial charge on any atom is -0.481 e. The second-order valence-electron chi connectivity index (χ2n) is 5.86. The lowest BCUT2D eigenvalue weighted by Crippen LogP contribution is -2.21. The molecule has 0 radical (unpaired) electrons. The molecule has 5 heteroatoms. The van der Waals surface area contributed by atoms with Crippen LogP contribution >= 0.6 is 0 Å². The average Bonchev–Trinajstić information content (AvgIpc) is 2.45. The SMILES string of the molecule is COC(c1nc(C)c(CC(=O)O)c(C)n1)C1CCCCC1. The van der Waals surface area contributed by atoms with Gasteiger partial charge in [0.2, 0.25) is 0 Å². The van der Waals surface area contributed by atoms with Gasteiger partial charge >= 0.3 is 5.97 Å². The fourth-order valence-electron chi connectivity index (χ4n) is 3.25. The number of aliphatic carboxylic acids is 1. The van der Waals surface area contributed by atoms with E-state index in [1.165, 1.54) is 19.3 Å². The van der Waals surface area contributed by atoms with Crippen molar-refractivity contribution in [2.45, 2.75) is 58.5 Å². The van der Waals surface area contributed by atoms with Crippen LogP contribution < -0.4 is 0 Å². The fourth-order valence-corrected chi connectivity index (χ4v) is 3.25. The van der Waals surface area contributed by atoms with Crippen molar-refractivity contribution in [3.63, 3.8) is 0 Å². The Hall–Kier alpha value is -1.49. The predicted octanol–water partition coefficient (Wildman–Crippen LogP) is 2.99. The predicted molar refractivity (Wildman–Crippen MR) is 79.2 cm³/mol. The van der Waals surface area contributed by atoms with Crippen LogP contribution in [0, 0.1) is 19.8 Å². The zero-order valence-corrected chi connectivity index (χ0v) is 13.1. The van der Waals surface area contributed by atoms with Crippen molar-refractivity contribution >= 4 is 5.97 Å². The molecule has 0 spiro atoms. The van der Waals surface area contributed by atoms with E-state index in [0.717, 1.165) is 24.2 Å². The van der Waals surface area contributed by atoms with Gasteiger partial charge in [-0.2, -0.15) is 0 Å². The average molecular weight is 292 g/mol. The summed E-state index contributed by atoms with van der Waals surface area (Å²) in [4.78, 5) is 20.0. The molecule has 5 nitrogen and oxygen atoms in total. The zero-order valence-electron chi connectivity index (χ0n) is 13.1. The van der Waals surface area contributed by atoms with Gasteiger partial charge in [0, 0.05) is 24.1 Å². The number of methoxy groups -OCH3 is 1. The first-order valence-electron chi connectivity index (χ1n) is 7.61. The van der Waals surface area contributed by atoms with Crippen molar-refractivity contribution in [1.82, 2.24) is 9.97 Å². The normalized spacial score (nSPS) is 17.7. The van der Waals surface area contributed by atoms with E-state index in [-0.39, 0.29) is 12.5 Å². The van der Waals surface area contributed by atoms with Gasteiger partial charge < -0.3 is 9.84 Å². The molecule has 1 heterocycles. The smallest absolute Gasteiger partial charge is 0.307 e. The summed E-state index contributed by atoms with van der Waals surface area (Å²) in [6.07, 6.45) is 5.96. The summed E-state index contributed by atoms with van der Waals surface area (Å²) in [7, 11) is 1.71. The summed E-state index contributed by atoms with van der Waals surface area (Å²) in [5.74, 6) is 0.314. The van der Waals surface area contributed by atoms with Crippen molar-refractivity contribution in [2.75, 3.05) is 7.11 Å². The van der Waals surface area contributed by atoms with Gasteiger partial charge in [-0.05, 0) is 32.6 Å². The van der Waals surface area contributed by atoms with E-state index in [2.05, 4.69) is 9.97 Å². The van der Waals surface area contributed by atoms with Crippen LogP contribution in [-0.2, 0) is 16.0 Å². The summed E-state index contributed by atoms with van der Waals surface area (Å²) in [5, 5.41) is 8.96. The largest absolute Gasteiger partial charge is 0.481 e.